The van der Waals surface area contributed by atoms with Crippen LogP contribution in [0.15, 0.2) is 36.5 Å². The first kappa shape index (κ1) is 13.6. The quantitative estimate of drug-likeness (QED) is 0.629. The molecule has 21 heavy (non-hydrogen) atoms. The number of rotatable bonds is 4. The van der Waals surface area contributed by atoms with Gasteiger partial charge in [-0.2, -0.15) is 0 Å². The van der Waals surface area contributed by atoms with Crippen LogP contribution in [0.5, 0.6) is 11.5 Å². The van der Waals surface area contributed by atoms with Crippen LogP contribution in [0.3, 0.4) is 0 Å². The lowest BCUT2D eigenvalue weighted by Crippen LogP contribution is -2.10. The van der Waals surface area contributed by atoms with Crippen molar-refractivity contribution in [3.63, 3.8) is 0 Å². The van der Waals surface area contributed by atoms with Crippen LogP contribution in [0.25, 0.3) is 0 Å². The highest BCUT2D eigenvalue weighted by atomic mass is 16.5. The van der Waals surface area contributed by atoms with Crippen LogP contribution in [0.4, 0.5) is 0 Å². The van der Waals surface area contributed by atoms with Gasteiger partial charge in [0.15, 0.2) is 0 Å². The van der Waals surface area contributed by atoms with Gasteiger partial charge in [-0.25, -0.2) is 9.78 Å². The van der Waals surface area contributed by atoms with Crippen LogP contribution in [0.1, 0.15) is 23.0 Å². The molecule has 2 aromatic rings. The van der Waals surface area contributed by atoms with Crippen molar-refractivity contribution >= 4 is 18.9 Å². The number of carbonyl (C=O) groups is 1. The zero-order valence-corrected chi connectivity index (χ0v) is 11.7. The van der Waals surface area contributed by atoms with E-state index in [1.165, 1.54) is 11.7 Å². The Morgan fingerprint density at radius 2 is 2.19 bits per heavy atom. The molecular weight excluding hydrogens is 269 g/mol. The van der Waals surface area contributed by atoms with Gasteiger partial charge < -0.3 is 14.1 Å². The number of fused-ring (bicyclic) bond motifs is 1. The van der Waals surface area contributed by atoms with E-state index in [0.717, 1.165) is 11.3 Å². The third-order valence-corrected chi connectivity index (χ3v) is 3.15. The standard InChI is InChI=1S/C15H14BNO4/c1-2-19-15(18)14-6-4-12(8-17-14)21-11-3-5-13-10(7-11)9-20-16-13/h3-8,16H,2,9H2,1H3. The number of nitrogens with zero attached hydrogens (tertiary/aromatic N) is 1. The summed E-state index contributed by atoms with van der Waals surface area (Å²) < 4.78 is 16.0. The van der Waals surface area contributed by atoms with Crippen molar-refractivity contribution in [1.82, 2.24) is 4.98 Å². The SMILES string of the molecule is CCOC(=O)c1ccc(Oc2ccc3c(c2)COB3)cn1. The first-order valence-electron chi connectivity index (χ1n) is 6.77. The van der Waals surface area contributed by atoms with Crippen molar-refractivity contribution in [3.05, 3.63) is 47.8 Å². The third-order valence-electron chi connectivity index (χ3n) is 3.15. The van der Waals surface area contributed by atoms with Crippen LogP contribution >= 0.6 is 0 Å². The summed E-state index contributed by atoms with van der Waals surface area (Å²) in [4.78, 5) is 15.5. The second kappa shape index (κ2) is 5.97. The van der Waals surface area contributed by atoms with Crippen molar-refractivity contribution in [2.75, 3.05) is 6.61 Å². The molecule has 0 unspecified atom stereocenters. The minimum absolute atomic E-state index is 0.270. The Morgan fingerprint density at radius 3 is 2.95 bits per heavy atom. The molecule has 1 aliphatic rings. The minimum atomic E-state index is -0.432. The van der Waals surface area contributed by atoms with Crippen LogP contribution < -0.4 is 10.2 Å². The molecular formula is C15H14BNO4. The molecule has 0 N–H and O–H groups in total. The molecule has 2 heterocycles. The third kappa shape index (κ3) is 3.06. The fraction of sp³-hybridized carbons (Fsp3) is 0.200. The average Bonchev–Trinajstić information content (AvgIpc) is 2.96. The number of aromatic nitrogens is 1. The van der Waals surface area contributed by atoms with E-state index in [1.807, 2.05) is 18.2 Å². The number of carbonyl (C=O) groups excluding carboxylic acids is 1. The zero-order chi connectivity index (χ0) is 14.7. The Morgan fingerprint density at radius 1 is 1.33 bits per heavy atom. The highest BCUT2D eigenvalue weighted by Gasteiger charge is 2.14. The molecule has 0 bridgehead atoms. The Bertz CT molecular complexity index is 657. The maximum atomic E-state index is 11.5. The summed E-state index contributed by atoms with van der Waals surface area (Å²) in [7, 11) is 0.658. The number of ether oxygens (including phenoxy) is 2. The summed E-state index contributed by atoms with van der Waals surface area (Å²) >= 11 is 0. The largest absolute Gasteiger partial charge is 0.461 e. The Balaban J connectivity index is 1.72. The molecule has 0 radical (unpaired) electrons. The summed E-state index contributed by atoms with van der Waals surface area (Å²) in [5, 5.41) is 0. The van der Waals surface area contributed by atoms with Crippen LogP contribution in [0.2, 0.25) is 0 Å². The first-order valence-corrected chi connectivity index (χ1v) is 6.77. The highest BCUT2D eigenvalue weighted by Crippen LogP contribution is 2.22. The fourth-order valence-corrected chi connectivity index (χ4v) is 2.11. The lowest BCUT2D eigenvalue weighted by Gasteiger charge is -2.07. The Labute approximate surface area is 123 Å². The van der Waals surface area contributed by atoms with Crippen LogP contribution in [-0.2, 0) is 16.0 Å². The molecule has 0 atom stereocenters. The molecule has 6 heteroatoms. The van der Waals surface area contributed by atoms with E-state index in [0.29, 0.717) is 26.4 Å². The molecule has 106 valence electrons. The normalized spacial score (nSPS) is 12.4. The summed E-state index contributed by atoms with van der Waals surface area (Å²) in [6, 6.07) is 9.14. The zero-order valence-electron chi connectivity index (χ0n) is 11.7. The van der Waals surface area contributed by atoms with E-state index < -0.39 is 5.97 Å². The van der Waals surface area contributed by atoms with Crippen molar-refractivity contribution in [2.45, 2.75) is 13.5 Å². The molecule has 1 aromatic carbocycles. The van der Waals surface area contributed by atoms with E-state index in [2.05, 4.69) is 4.98 Å². The van der Waals surface area contributed by atoms with Gasteiger partial charge in [-0.3, -0.25) is 0 Å². The molecule has 0 amide bonds. The van der Waals surface area contributed by atoms with E-state index in [1.54, 1.807) is 19.1 Å². The van der Waals surface area contributed by atoms with Gasteiger partial charge in [0.05, 0.1) is 19.4 Å². The van der Waals surface area contributed by atoms with Crippen molar-refractivity contribution < 1.29 is 18.9 Å². The van der Waals surface area contributed by atoms with Gasteiger partial charge in [-0.15, -0.1) is 0 Å². The van der Waals surface area contributed by atoms with Crippen molar-refractivity contribution in [2.24, 2.45) is 0 Å². The van der Waals surface area contributed by atoms with Gasteiger partial charge in [-0.1, -0.05) is 6.07 Å². The van der Waals surface area contributed by atoms with Gasteiger partial charge in [0, 0.05) is 0 Å². The second-order valence-electron chi connectivity index (χ2n) is 4.62. The van der Waals surface area contributed by atoms with Crippen LogP contribution in [0, 0.1) is 0 Å². The van der Waals surface area contributed by atoms with Crippen molar-refractivity contribution in [3.8, 4) is 11.5 Å². The molecule has 1 aliphatic heterocycles. The number of esters is 1. The predicted molar refractivity (Wildman–Crippen MR) is 78.3 cm³/mol. The predicted octanol–water partition coefficient (Wildman–Crippen LogP) is 1.56. The summed E-state index contributed by atoms with van der Waals surface area (Å²) in [5.41, 5.74) is 2.60. The van der Waals surface area contributed by atoms with Crippen LogP contribution in [-0.4, -0.2) is 25.0 Å². The number of hydrogen-bond donors (Lipinski definition) is 0. The molecule has 0 spiro atoms. The number of pyridine rings is 1. The monoisotopic (exact) mass is 283 g/mol. The maximum absolute atomic E-state index is 11.5. The highest BCUT2D eigenvalue weighted by molar-refractivity contribution is 6.48. The van der Waals surface area contributed by atoms with Gasteiger partial charge in [0.1, 0.15) is 17.2 Å². The van der Waals surface area contributed by atoms with E-state index in [9.17, 15) is 4.79 Å². The smallest absolute Gasteiger partial charge is 0.356 e. The number of benzene rings is 1. The van der Waals surface area contributed by atoms with Gasteiger partial charge in [-0.05, 0) is 42.2 Å². The van der Waals surface area contributed by atoms with Gasteiger partial charge in [0.25, 0.3) is 0 Å². The molecule has 0 saturated heterocycles. The first-order chi connectivity index (χ1) is 10.3. The summed E-state index contributed by atoms with van der Waals surface area (Å²) in [5.74, 6) is 0.866. The van der Waals surface area contributed by atoms with E-state index >= 15 is 0 Å². The van der Waals surface area contributed by atoms with E-state index in [4.69, 9.17) is 14.1 Å². The minimum Gasteiger partial charge on any atom is -0.461 e. The summed E-state index contributed by atoms with van der Waals surface area (Å²) in [6.45, 7) is 2.70. The summed E-state index contributed by atoms with van der Waals surface area (Å²) in [6.07, 6.45) is 1.51. The second-order valence-corrected chi connectivity index (χ2v) is 4.62. The van der Waals surface area contributed by atoms with E-state index in [-0.39, 0.29) is 5.69 Å². The topological polar surface area (TPSA) is 57.7 Å². The molecule has 0 aliphatic carbocycles. The molecule has 3 rings (SSSR count). The lowest BCUT2D eigenvalue weighted by molar-refractivity contribution is 0.0519. The average molecular weight is 283 g/mol. The number of hydrogen-bond acceptors (Lipinski definition) is 5. The lowest BCUT2D eigenvalue weighted by atomic mass is 9.87. The molecule has 5 nitrogen and oxygen atoms in total. The van der Waals surface area contributed by atoms with Gasteiger partial charge >= 0.3 is 13.5 Å². The maximum Gasteiger partial charge on any atom is 0.356 e. The Kier molecular flexibility index (Phi) is 3.88. The Hall–Kier alpha value is -2.34. The molecule has 0 saturated carbocycles. The van der Waals surface area contributed by atoms with Crippen molar-refractivity contribution in [1.29, 1.82) is 0 Å². The fourth-order valence-electron chi connectivity index (χ4n) is 2.11. The van der Waals surface area contributed by atoms with Gasteiger partial charge in [0.2, 0.25) is 0 Å². The molecule has 1 aromatic heterocycles. The molecule has 0 fully saturated rings.